The fraction of sp³-hybridized carbons (Fsp3) is 0.238. The molecule has 0 aliphatic heterocycles. The van der Waals surface area contributed by atoms with Gasteiger partial charge in [-0.2, -0.15) is 0 Å². The van der Waals surface area contributed by atoms with Crippen LogP contribution >= 0.6 is 15.9 Å². The van der Waals surface area contributed by atoms with Crippen LogP contribution in [0.5, 0.6) is 0 Å². The molecule has 150 valence electrons. The second kappa shape index (κ2) is 9.00. The first kappa shape index (κ1) is 20.7. The average molecular weight is 457 g/mol. The topological polar surface area (TPSA) is 84.3 Å². The maximum absolute atomic E-state index is 12.6. The average Bonchev–Trinajstić information content (AvgIpc) is 2.68. The van der Waals surface area contributed by atoms with Crippen molar-refractivity contribution in [3.8, 4) is 0 Å². The van der Waals surface area contributed by atoms with Crippen LogP contribution in [0.15, 0.2) is 58.1 Å². The van der Waals surface area contributed by atoms with Crippen molar-refractivity contribution in [3.63, 3.8) is 0 Å². The Balaban J connectivity index is 1.65. The van der Waals surface area contributed by atoms with Crippen LogP contribution in [-0.4, -0.2) is 33.3 Å². The van der Waals surface area contributed by atoms with Crippen LogP contribution in [0.1, 0.15) is 18.9 Å². The Hall–Kier alpha value is -3.00. The summed E-state index contributed by atoms with van der Waals surface area (Å²) in [4.78, 5) is 42.2. The van der Waals surface area contributed by atoms with Crippen molar-refractivity contribution in [3.05, 3.63) is 69.2 Å². The van der Waals surface area contributed by atoms with Gasteiger partial charge >= 0.3 is 0 Å². The van der Waals surface area contributed by atoms with Crippen LogP contribution in [0.2, 0.25) is 0 Å². The van der Waals surface area contributed by atoms with Gasteiger partial charge in [0.05, 0.1) is 17.2 Å². The van der Waals surface area contributed by atoms with Crippen molar-refractivity contribution >= 4 is 44.3 Å². The van der Waals surface area contributed by atoms with Crippen molar-refractivity contribution in [2.45, 2.75) is 26.4 Å². The zero-order valence-electron chi connectivity index (χ0n) is 16.2. The number of aromatic nitrogens is 2. The quantitative estimate of drug-likeness (QED) is 0.617. The van der Waals surface area contributed by atoms with E-state index in [-0.39, 0.29) is 30.3 Å². The van der Waals surface area contributed by atoms with Gasteiger partial charge in [-0.3, -0.25) is 19.0 Å². The van der Waals surface area contributed by atoms with Crippen molar-refractivity contribution in [2.24, 2.45) is 0 Å². The van der Waals surface area contributed by atoms with Gasteiger partial charge in [-0.05, 0) is 35.9 Å². The highest BCUT2D eigenvalue weighted by molar-refractivity contribution is 9.10. The lowest BCUT2D eigenvalue weighted by Gasteiger charge is -2.15. The van der Waals surface area contributed by atoms with Crippen LogP contribution in [-0.2, 0) is 22.7 Å². The van der Waals surface area contributed by atoms with Crippen molar-refractivity contribution in [1.82, 2.24) is 14.5 Å². The molecule has 0 saturated heterocycles. The van der Waals surface area contributed by atoms with Gasteiger partial charge in [-0.15, -0.1) is 0 Å². The summed E-state index contributed by atoms with van der Waals surface area (Å²) in [6.45, 7) is 2.20. The second-order valence-electron chi connectivity index (χ2n) is 6.78. The van der Waals surface area contributed by atoms with Crippen molar-refractivity contribution in [1.29, 1.82) is 0 Å². The third-order valence-electron chi connectivity index (χ3n) is 4.53. The maximum atomic E-state index is 12.6. The van der Waals surface area contributed by atoms with Crippen LogP contribution < -0.4 is 10.9 Å². The van der Waals surface area contributed by atoms with E-state index >= 15 is 0 Å². The molecular formula is C21H21BrN4O3. The van der Waals surface area contributed by atoms with Crippen LogP contribution in [0.4, 0.5) is 5.69 Å². The lowest BCUT2D eigenvalue weighted by Crippen LogP contribution is -2.24. The van der Waals surface area contributed by atoms with E-state index in [1.54, 1.807) is 30.1 Å². The molecule has 3 aromatic rings. The SMILES string of the molecule is CC(=O)N(C)Cc1cccc(NC(=O)CCn2cnc3ccc(Br)cc3c2=O)c1. The summed E-state index contributed by atoms with van der Waals surface area (Å²) in [7, 11) is 1.72. The molecule has 0 atom stereocenters. The molecule has 2 aromatic carbocycles. The number of carbonyl (C=O) groups is 2. The smallest absolute Gasteiger partial charge is 0.261 e. The molecule has 29 heavy (non-hydrogen) atoms. The Morgan fingerprint density at radius 3 is 2.76 bits per heavy atom. The monoisotopic (exact) mass is 456 g/mol. The first-order chi connectivity index (χ1) is 13.8. The molecule has 0 unspecified atom stereocenters. The van der Waals surface area contributed by atoms with Gasteiger partial charge in [0.2, 0.25) is 11.8 Å². The predicted octanol–water partition coefficient (Wildman–Crippen LogP) is 3.17. The van der Waals surface area contributed by atoms with Gasteiger partial charge in [-0.1, -0.05) is 28.1 Å². The molecule has 2 amide bonds. The van der Waals surface area contributed by atoms with Crippen LogP contribution in [0.3, 0.4) is 0 Å². The zero-order chi connectivity index (χ0) is 21.0. The van der Waals surface area contributed by atoms with Gasteiger partial charge in [0.1, 0.15) is 0 Å². The molecule has 1 heterocycles. The number of nitrogens with one attached hydrogen (secondary N) is 1. The summed E-state index contributed by atoms with van der Waals surface area (Å²) in [5, 5.41) is 3.34. The van der Waals surface area contributed by atoms with Crippen LogP contribution in [0, 0.1) is 0 Å². The number of halogens is 1. The normalized spacial score (nSPS) is 10.7. The Morgan fingerprint density at radius 2 is 2.00 bits per heavy atom. The summed E-state index contributed by atoms with van der Waals surface area (Å²) in [5.41, 5.74) is 2.00. The molecule has 7 nitrogen and oxygen atoms in total. The van der Waals surface area contributed by atoms with Crippen molar-refractivity contribution in [2.75, 3.05) is 12.4 Å². The van der Waals surface area contributed by atoms with E-state index in [2.05, 4.69) is 26.2 Å². The number of fused-ring (bicyclic) bond motifs is 1. The molecule has 0 fully saturated rings. The minimum atomic E-state index is -0.205. The van der Waals surface area contributed by atoms with Gasteiger partial charge < -0.3 is 10.2 Å². The molecule has 8 heteroatoms. The van der Waals surface area contributed by atoms with Gasteiger partial charge in [0.15, 0.2) is 0 Å². The molecule has 3 rings (SSSR count). The molecule has 1 aromatic heterocycles. The molecule has 0 spiro atoms. The van der Waals surface area contributed by atoms with Crippen LogP contribution in [0.25, 0.3) is 10.9 Å². The lowest BCUT2D eigenvalue weighted by molar-refractivity contribution is -0.128. The van der Waals surface area contributed by atoms with Gasteiger partial charge in [0, 0.05) is 43.6 Å². The van der Waals surface area contributed by atoms with E-state index in [4.69, 9.17) is 0 Å². The summed E-state index contributed by atoms with van der Waals surface area (Å²) >= 11 is 3.36. The second-order valence-corrected chi connectivity index (χ2v) is 7.69. The number of amides is 2. The number of carbonyl (C=O) groups excluding carboxylic acids is 2. The Bertz CT molecular complexity index is 1130. The highest BCUT2D eigenvalue weighted by Crippen LogP contribution is 2.15. The van der Waals surface area contributed by atoms with E-state index in [0.29, 0.717) is 23.1 Å². The number of rotatable bonds is 6. The van der Waals surface area contributed by atoms with Crippen molar-refractivity contribution < 1.29 is 9.59 Å². The minimum Gasteiger partial charge on any atom is -0.342 e. The third-order valence-corrected chi connectivity index (χ3v) is 5.03. The number of hydrogen-bond acceptors (Lipinski definition) is 4. The number of anilines is 1. The molecule has 0 aliphatic carbocycles. The Labute approximate surface area is 176 Å². The van der Waals surface area contributed by atoms with Gasteiger partial charge in [0.25, 0.3) is 5.56 Å². The summed E-state index contributed by atoms with van der Waals surface area (Å²) in [6.07, 6.45) is 1.60. The van der Waals surface area contributed by atoms with E-state index in [1.165, 1.54) is 17.8 Å². The lowest BCUT2D eigenvalue weighted by atomic mass is 10.2. The van der Waals surface area contributed by atoms with Gasteiger partial charge in [-0.25, -0.2) is 4.98 Å². The fourth-order valence-corrected chi connectivity index (χ4v) is 3.23. The standard InChI is InChI=1S/C21H21BrN4O3/c1-14(27)25(2)12-15-4-3-5-17(10-15)24-20(28)8-9-26-13-23-19-7-6-16(22)11-18(19)21(26)29/h3-7,10-11,13H,8-9,12H2,1-2H3,(H,24,28). The number of nitrogens with zero attached hydrogens (tertiary/aromatic N) is 3. The Kier molecular flexibility index (Phi) is 6.43. The molecule has 1 N–H and O–H groups in total. The molecule has 0 aliphatic rings. The molecule has 0 saturated carbocycles. The maximum Gasteiger partial charge on any atom is 0.261 e. The first-order valence-corrected chi connectivity index (χ1v) is 9.88. The summed E-state index contributed by atoms with van der Waals surface area (Å²) < 4.78 is 2.24. The van der Waals surface area contributed by atoms with E-state index in [1.807, 2.05) is 24.3 Å². The molecular weight excluding hydrogens is 436 g/mol. The van der Waals surface area contributed by atoms with E-state index in [0.717, 1.165) is 10.0 Å². The highest BCUT2D eigenvalue weighted by Gasteiger charge is 2.09. The number of hydrogen-bond donors (Lipinski definition) is 1. The zero-order valence-corrected chi connectivity index (χ0v) is 17.8. The Morgan fingerprint density at radius 1 is 1.21 bits per heavy atom. The summed E-state index contributed by atoms with van der Waals surface area (Å²) in [5.74, 6) is -0.232. The highest BCUT2D eigenvalue weighted by atomic mass is 79.9. The largest absolute Gasteiger partial charge is 0.342 e. The summed E-state index contributed by atoms with van der Waals surface area (Å²) in [6, 6.07) is 12.7. The number of benzene rings is 2. The third kappa shape index (κ3) is 5.29. The first-order valence-electron chi connectivity index (χ1n) is 9.08. The number of aryl methyl sites for hydroxylation is 1. The molecule has 0 bridgehead atoms. The predicted molar refractivity (Wildman–Crippen MR) is 116 cm³/mol. The van der Waals surface area contributed by atoms with E-state index < -0.39 is 0 Å². The minimum absolute atomic E-state index is 0.0269. The van der Waals surface area contributed by atoms with E-state index in [9.17, 15) is 14.4 Å². The molecule has 0 radical (unpaired) electrons. The fourth-order valence-electron chi connectivity index (χ4n) is 2.87.